The molecular formula is C14H13ClN2O2. The van der Waals surface area contributed by atoms with Crippen molar-refractivity contribution >= 4 is 28.4 Å². The fourth-order valence-electron chi connectivity index (χ4n) is 2.13. The van der Waals surface area contributed by atoms with E-state index < -0.39 is 0 Å². The van der Waals surface area contributed by atoms with Gasteiger partial charge in [0.15, 0.2) is 0 Å². The van der Waals surface area contributed by atoms with Crippen molar-refractivity contribution in [1.82, 2.24) is 10.0 Å². The van der Waals surface area contributed by atoms with Crippen molar-refractivity contribution < 1.29 is 9.63 Å². The summed E-state index contributed by atoms with van der Waals surface area (Å²) in [5, 5.41) is 2.75. The Balaban J connectivity index is 1.98. The maximum atomic E-state index is 12.3. The van der Waals surface area contributed by atoms with Gasteiger partial charge < -0.3 is 0 Å². The summed E-state index contributed by atoms with van der Waals surface area (Å²) >= 11 is 6.19. The Labute approximate surface area is 115 Å². The summed E-state index contributed by atoms with van der Waals surface area (Å²) in [6.07, 6.45) is 1.93. The monoisotopic (exact) mass is 276 g/mol. The molecule has 3 rings (SSSR count). The van der Waals surface area contributed by atoms with Crippen LogP contribution in [0.15, 0.2) is 30.3 Å². The number of rotatable bonds is 1. The lowest BCUT2D eigenvalue weighted by Gasteiger charge is -2.25. The van der Waals surface area contributed by atoms with Crippen LogP contribution < -0.4 is 0 Å². The van der Waals surface area contributed by atoms with Gasteiger partial charge in [0.25, 0.3) is 5.91 Å². The van der Waals surface area contributed by atoms with Crippen LogP contribution in [0.5, 0.6) is 0 Å². The molecule has 0 saturated carbocycles. The van der Waals surface area contributed by atoms with Crippen molar-refractivity contribution in [2.24, 2.45) is 0 Å². The number of hydrogen-bond acceptors (Lipinski definition) is 3. The molecule has 1 aromatic carbocycles. The van der Waals surface area contributed by atoms with Crippen molar-refractivity contribution in [3.8, 4) is 0 Å². The predicted octanol–water partition coefficient (Wildman–Crippen LogP) is 3.06. The van der Waals surface area contributed by atoms with Crippen LogP contribution in [-0.4, -0.2) is 29.1 Å². The molecule has 0 radical (unpaired) electrons. The molecule has 19 heavy (non-hydrogen) atoms. The molecule has 0 bridgehead atoms. The molecule has 0 aliphatic carbocycles. The highest BCUT2D eigenvalue weighted by Gasteiger charge is 2.21. The predicted molar refractivity (Wildman–Crippen MR) is 73.0 cm³/mol. The van der Waals surface area contributed by atoms with Gasteiger partial charge in [-0.25, -0.2) is 10.0 Å². The van der Waals surface area contributed by atoms with E-state index in [0.29, 0.717) is 23.9 Å². The fraction of sp³-hybridized carbons (Fsp3) is 0.286. The van der Waals surface area contributed by atoms with Crippen molar-refractivity contribution in [2.75, 3.05) is 13.2 Å². The van der Waals surface area contributed by atoms with Crippen LogP contribution in [0.25, 0.3) is 10.9 Å². The summed E-state index contributed by atoms with van der Waals surface area (Å²) in [6.45, 7) is 1.18. The van der Waals surface area contributed by atoms with Gasteiger partial charge in [0.1, 0.15) is 5.69 Å². The number of para-hydroxylation sites is 1. The summed E-state index contributed by atoms with van der Waals surface area (Å²) < 4.78 is 0. The Kier molecular flexibility index (Phi) is 3.36. The Morgan fingerprint density at radius 1 is 1.32 bits per heavy atom. The first-order valence-electron chi connectivity index (χ1n) is 6.26. The Bertz CT molecular complexity index is 624. The van der Waals surface area contributed by atoms with Crippen LogP contribution in [0, 0.1) is 0 Å². The zero-order valence-corrected chi connectivity index (χ0v) is 11.1. The first kappa shape index (κ1) is 12.4. The fourth-order valence-corrected chi connectivity index (χ4v) is 2.39. The Hall–Kier alpha value is -1.65. The quantitative estimate of drug-likeness (QED) is 0.804. The van der Waals surface area contributed by atoms with Gasteiger partial charge in [-0.3, -0.25) is 9.63 Å². The highest BCUT2D eigenvalue weighted by atomic mass is 35.5. The van der Waals surface area contributed by atoms with Crippen LogP contribution in [-0.2, 0) is 4.84 Å². The summed E-state index contributed by atoms with van der Waals surface area (Å²) in [4.78, 5) is 22.0. The first-order valence-corrected chi connectivity index (χ1v) is 6.63. The second-order valence-electron chi connectivity index (χ2n) is 4.45. The Morgan fingerprint density at radius 2 is 2.16 bits per heavy atom. The maximum absolute atomic E-state index is 12.3. The van der Waals surface area contributed by atoms with Gasteiger partial charge in [0.2, 0.25) is 0 Å². The smallest absolute Gasteiger partial charge is 0.271 e. The molecule has 5 heteroatoms. The van der Waals surface area contributed by atoms with Gasteiger partial charge in [0, 0.05) is 11.9 Å². The van der Waals surface area contributed by atoms with Gasteiger partial charge in [0.05, 0.1) is 17.1 Å². The molecular weight excluding hydrogens is 264 g/mol. The standard InChI is InChI=1S/C14H13ClN2O2/c15-11-9-13(14(18)17-7-3-4-8-19-17)16-12-6-2-1-5-10(11)12/h1-2,5-6,9H,3-4,7-8H2. The average Bonchev–Trinajstić information content (AvgIpc) is 2.47. The van der Waals surface area contributed by atoms with Gasteiger partial charge >= 0.3 is 0 Å². The molecule has 1 aliphatic rings. The third kappa shape index (κ3) is 2.41. The first-order chi connectivity index (χ1) is 9.25. The van der Waals surface area contributed by atoms with Crippen LogP contribution in [0.4, 0.5) is 0 Å². The van der Waals surface area contributed by atoms with Crippen LogP contribution in [0.3, 0.4) is 0 Å². The van der Waals surface area contributed by atoms with E-state index >= 15 is 0 Å². The number of carbonyl (C=O) groups is 1. The number of hydrogen-bond donors (Lipinski definition) is 0. The molecule has 0 spiro atoms. The average molecular weight is 277 g/mol. The van der Waals surface area contributed by atoms with E-state index in [1.807, 2.05) is 24.3 Å². The number of fused-ring (bicyclic) bond motifs is 1. The lowest BCUT2D eigenvalue weighted by molar-refractivity contribution is -0.144. The molecule has 4 nitrogen and oxygen atoms in total. The van der Waals surface area contributed by atoms with Crippen LogP contribution >= 0.6 is 11.6 Å². The van der Waals surface area contributed by atoms with Gasteiger partial charge in [-0.05, 0) is 25.0 Å². The molecule has 1 aromatic heterocycles. The van der Waals surface area contributed by atoms with Gasteiger partial charge in [-0.2, -0.15) is 0 Å². The Morgan fingerprint density at radius 3 is 2.95 bits per heavy atom. The van der Waals surface area contributed by atoms with E-state index in [1.54, 1.807) is 6.07 Å². The second-order valence-corrected chi connectivity index (χ2v) is 4.86. The van der Waals surface area contributed by atoms with E-state index in [-0.39, 0.29) is 5.91 Å². The topological polar surface area (TPSA) is 42.4 Å². The summed E-state index contributed by atoms with van der Waals surface area (Å²) in [5.41, 5.74) is 1.04. The minimum atomic E-state index is -0.229. The number of carbonyl (C=O) groups excluding carboxylic acids is 1. The zero-order chi connectivity index (χ0) is 13.2. The zero-order valence-electron chi connectivity index (χ0n) is 10.3. The van der Waals surface area contributed by atoms with Crippen LogP contribution in [0.2, 0.25) is 5.02 Å². The number of aromatic nitrogens is 1. The maximum Gasteiger partial charge on any atom is 0.296 e. The molecule has 2 heterocycles. The van der Waals surface area contributed by atoms with Gasteiger partial charge in [-0.1, -0.05) is 29.8 Å². The number of halogens is 1. The largest absolute Gasteiger partial charge is 0.296 e. The minimum Gasteiger partial charge on any atom is -0.271 e. The number of amides is 1. The number of hydroxylamine groups is 2. The summed E-state index contributed by atoms with van der Waals surface area (Å²) in [5.74, 6) is -0.229. The second kappa shape index (κ2) is 5.15. The van der Waals surface area contributed by atoms with E-state index in [1.165, 1.54) is 5.06 Å². The molecule has 0 atom stereocenters. The van der Waals surface area contributed by atoms with E-state index in [0.717, 1.165) is 23.7 Å². The number of nitrogens with zero attached hydrogens (tertiary/aromatic N) is 2. The van der Waals surface area contributed by atoms with Gasteiger partial charge in [-0.15, -0.1) is 0 Å². The molecule has 0 N–H and O–H groups in total. The molecule has 1 amide bonds. The summed E-state index contributed by atoms with van der Waals surface area (Å²) in [6, 6.07) is 9.10. The SMILES string of the molecule is O=C(c1cc(Cl)c2ccccc2n1)N1CCCCO1. The normalized spacial score (nSPS) is 15.7. The minimum absolute atomic E-state index is 0.229. The van der Waals surface area contributed by atoms with Crippen molar-refractivity contribution in [3.63, 3.8) is 0 Å². The number of benzene rings is 1. The van der Waals surface area contributed by atoms with E-state index in [4.69, 9.17) is 16.4 Å². The molecule has 1 saturated heterocycles. The molecule has 0 unspecified atom stereocenters. The van der Waals surface area contributed by atoms with Crippen molar-refractivity contribution in [1.29, 1.82) is 0 Å². The van der Waals surface area contributed by atoms with E-state index in [9.17, 15) is 4.79 Å². The highest BCUT2D eigenvalue weighted by molar-refractivity contribution is 6.35. The molecule has 1 fully saturated rings. The summed E-state index contributed by atoms with van der Waals surface area (Å²) in [7, 11) is 0. The van der Waals surface area contributed by atoms with E-state index in [2.05, 4.69) is 4.98 Å². The number of pyridine rings is 1. The lowest BCUT2D eigenvalue weighted by atomic mass is 10.2. The van der Waals surface area contributed by atoms with Crippen LogP contribution in [0.1, 0.15) is 23.3 Å². The molecule has 98 valence electrons. The lowest BCUT2D eigenvalue weighted by Crippen LogP contribution is -2.36. The molecule has 2 aromatic rings. The van der Waals surface area contributed by atoms with Crippen molar-refractivity contribution in [3.05, 3.63) is 41.0 Å². The highest BCUT2D eigenvalue weighted by Crippen LogP contribution is 2.23. The van der Waals surface area contributed by atoms with Crippen molar-refractivity contribution in [2.45, 2.75) is 12.8 Å². The third-order valence-corrected chi connectivity index (χ3v) is 3.43. The molecule has 1 aliphatic heterocycles. The third-order valence-electron chi connectivity index (χ3n) is 3.11.